The molecule has 1 saturated heterocycles. The van der Waals surface area contributed by atoms with Gasteiger partial charge in [-0.2, -0.15) is 0 Å². The lowest BCUT2D eigenvalue weighted by molar-refractivity contribution is -0.0196. The number of primary amides is 1. The zero-order valence-electron chi connectivity index (χ0n) is 22.0. The van der Waals surface area contributed by atoms with Crippen molar-refractivity contribution in [2.75, 3.05) is 18.4 Å². The fourth-order valence-electron chi connectivity index (χ4n) is 4.51. The van der Waals surface area contributed by atoms with E-state index in [-0.39, 0.29) is 11.8 Å². The van der Waals surface area contributed by atoms with Crippen molar-refractivity contribution < 1.29 is 28.6 Å². The van der Waals surface area contributed by atoms with Crippen LogP contribution in [-0.2, 0) is 0 Å². The number of piperidine rings is 1. The van der Waals surface area contributed by atoms with Gasteiger partial charge in [-0.25, -0.2) is 9.18 Å². The van der Waals surface area contributed by atoms with Gasteiger partial charge in [0.25, 0.3) is 0 Å². The van der Waals surface area contributed by atoms with Gasteiger partial charge in [-0.05, 0) is 67.8 Å². The molecule has 0 radical (unpaired) electrons. The summed E-state index contributed by atoms with van der Waals surface area (Å²) < 4.78 is 25.2. The Hall–Kier alpha value is -4.11. The summed E-state index contributed by atoms with van der Waals surface area (Å²) in [6.07, 6.45) is 4.98. The van der Waals surface area contributed by atoms with E-state index in [1.165, 1.54) is 24.3 Å². The SMILES string of the molecule is CCCCCC1(O)CCN(C(=O)Nc2cc(Oc3ccc(F)cc3)cc(Oc3ccc(C(N)=O)cc3)c2)CC1. The topological polar surface area (TPSA) is 114 Å². The molecule has 0 saturated carbocycles. The highest BCUT2D eigenvalue weighted by molar-refractivity contribution is 5.93. The molecule has 4 N–H and O–H groups in total. The number of carbonyl (C=O) groups is 2. The van der Waals surface area contributed by atoms with Crippen LogP contribution in [0.2, 0.25) is 0 Å². The predicted molar refractivity (Wildman–Crippen MR) is 147 cm³/mol. The van der Waals surface area contributed by atoms with E-state index in [0.29, 0.717) is 60.2 Å². The van der Waals surface area contributed by atoms with E-state index in [0.717, 1.165) is 25.7 Å². The maximum absolute atomic E-state index is 13.3. The standard InChI is InChI=1S/C30H34FN3O5/c1-2-3-4-13-30(37)14-16-34(17-15-30)29(36)33-23-18-26(38-24-9-5-21(6-10-24)28(32)35)20-27(19-23)39-25-11-7-22(31)8-12-25/h5-12,18-20,37H,2-4,13-17H2,1H3,(H2,32,35)(H,33,36). The number of nitrogens with zero attached hydrogens (tertiary/aromatic N) is 1. The van der Waals surface area contributed by atoms with Crippen molar-refractivity contribution in [3.05, 3.63) is 78.1 Å². The summed E-state index contributed by atoms with van der Waals surface area (Å²) in [6, 6.07) is 16.6. The molecule has 4 rings (SSSR count). The summed E-state index contributed by atoms with van der Waals surface area (Å²) in [5, 5.41) is 13.8. The lowest BCUT2D eigenvalue weighted by atomic mass is 9.86. The van der Waals surface area contributed by atoms with Crippen molar-refractivity contribution in [2.45, 2.75) is 51.0 Å². The molecular weight excluding hydrogens is 501 g/mol. The van der Waals surface area contributed by atoms with Gasteiger partial charge in [0.1, 0.15) is 28.8 Å². The van der Waals surface area contributed by atoms with Gasteiger partial charge >= 0.3 is 6.03 Å². The molecule has 1 aliphatic rings. The Labute approximate surface area is 227 Å². The Bertz CT molecular complexity index is 1270. The summed E-state index contributed by atoms with van der Waals surface area (Å²) in [5.41, 5.74) is 5.38. The van der Waals surface area contributed by atoms with Crippen LogP contribution >= 0.6 is 0 Å². The highest BCUT2D eigenvalue weighted by Crippen LogP contribution is 2.33. The number of hydrogen-bond donors (Lipinski definition) is 3. The molecule has 8 nitrogen and oxygen atoms in total. The summed E-state index contributed by atoms with van der Waals surface area (Å²) in [5.74, 6) is 0.682. The third-order valence-electron chi connectivity index (χ3n) is 6.78. The zero-order chi connectivity index (χ0) is 27.8. The van der Waals surface area contributed by atoms with Crippen molar-refractivity contribution in [1.29, 1.82) is 0 Å². The number of benzene rings is 3. The van der Waals surface area contributed by atoms with Crippen LogP contribution in [0, 0.1) is 5.82 Å². The van der Waals surface area contributed by atoms with E-state index < -0.39 is 11.5 Å². The quantitative estimate of drug-likeness (QED) is 0.258. The number of rotatable bonds is 10. The number of likely N-dealkylation sites (tertiary alicyclic amines) is 1. The Morgan fingerprint density at radius 2 is 1.49 bits per heavy atom. The molecule has 3 aromatic carbocycles. The second-order valence-corrected chi connectivity index (χ2v) is 9.84. The van der Waals surface area contributed by atoms with Gasteiger partial charge in [0.2, 0.25) is 5.91 Å². The molecule has 3 amide bonds. The molecule has 1 fully saturated rings. The van der Waals surface area contributed by atoms with Crippen LogP contribution < -0.4 is 20.5 Å². The summed E-state index contributed by atoms with van der Waals surface area (Å²) in [6.45, 7) is 3.04. The fourth-order valence-corrected chi connectivity index (χ4v) is 4.51. The average molecular weight is 536 g/mol. The number of urea groups is 1. The van der Waals surface area contributed by atoms with Crippen LogP contribution in [0.5, 0.6) is 23.0 Å². The summed E-state index contributed by atoms with van der Waals surface area (Å²) >= 11 is 0. The number of amides is 3. The Morgan fingerprint density at radius 3 is 2.03 bits per heavy atom. The molecule has 3 aromatic rings. The number of halogens is 1. The molecule has 39 heavy (non-hydrogen) atoms. The van der Waals surface area contributed by atoms with Crippen LogP contribution in [-0.4, -0.2) is 40.6 Å². The molecule has 1 aliphatic heterocycles. The molecular formula is C30H34FN3O5. The first-order valence-electron chi connectivity index (χ1n) is 13.2. The number of anilines is 1. The number of hydrogen-bond acceptors (Lipinski definition) is 5. The molecule has 0 spiro atoms. The van der Waals surface area contributed by atoms with Crippen molar-refractivity contribution >= 4 is 17.6 Å². The first kappa shape index (κ1) is 27.9. The molecule has 0 bridgehead atoms. The summed E-state index contributed by atoms with van der Waals surface area (Å²) in [7, 11) is 0. The molecule has 0 atom stereocenters. The first-order valence-corrected chi connectivity index (χ1v) is 13.2. The maximum atomic E-state index is 13.3. The smallest absolute Gasteiger partial charge is 0.321 e. The highest BCUT2D eigenvalue weighted by atomic mass is 19.1. The first-order chi connectivity index (χ1) is 18.7. The largest absolute Gasteiger partial charge is 0.457 e. The lowest BCUT2D eigenvalue weighted by Gasteiger charge is -2.38. The average Bonchev–Trinajstić information content (AvgIpc) is 2.91. The molecule has 9 heteroatoms. The van der Waals surface area contributed by atoms with E-state index in [4.69, 9.17) is 15.2 Å². The van der Waals surface area contributed by atoms with Gasteiger partial charge in [-0.15, -0.1) is 0 Å². The molecule has 1 heterocycles. The molecule has 0 aliphatic carbocycles. The number of carbonyl (C=O) groups excluding carboxylic acids is 2. The molecule has 206 valence electrons. The normalized spacial score (nSPS) is 14.5. The Morgan fingerprint density at radius 1 is 0.923 bits per heavy atom. The van der Waals surface area contributed by atoms with Gasteiger partial charge < -0.3 is 30.5 Å². The second-order valence-electron chi connectivity index (χ2n) is 9.84. The number of aliphatic hydroxyl groups is 1. The Kier molecular flexibility index (Phi) is 9.03. The third kappa shape index (κ3) is 7.94. The van der Waals surface area contributed by atoms with Crippen LogP contribution in [0.1, 0.15) is 55.8 Å². The van der Waals surface area contributed by atoms with E-state index in [1.807, 2.05) is 0 Å². The van der Waals surface area contributed by atoms with Gasteiger partial charge in [-0.1, -0.05) is 26.2 Å². The van der Waals surface area contributed by atoms with Crippen LogP contribution in [0.3, 0.4) is 0 Å². The predicted octanol–water partition coefficient (Wildman–Crippen LogP) is 6.45. The van der Waals surface area contributed by atoms with E-state index >= 15 is 0 Å². The van der Waals surface area contributed by atoms with Crippen molar-refractivity contribution in [3.8, 4) is 23.0 Å². The maximum Gasteiger partial charge on any atom is 0.321 e. The zero-order valence-corrected chi connectivity index (χ0v) is 22.0. The minimum absolute atomic E-state index is 0.290. The van der Waals surface area contributed by atoms with Gasteiger partial charge in [0.05, 0.1) is 5.60 Å². The van der Waals surface area contributed by atoms with Crippen LogP contribution in [0.15, 0.2) is 66.7 Å². The number of unbranched alkanes of at least 4 members (excludes halogenated alkanes) is 2. The monoisotopic (exact) mass is 535 g/mol. The van der Waals surface area contributed by atoms with Gasteiger partial charge in [0, 0.05) is 42.5 Å². The number of nitrogens with two attached hydrogens (primary N) is 1. The van der Waals surface area contributed by atoms with Crippen molar-refractivity contribution in [1.82, 2.24) is 4.90 Å². The van der Waals surface area contributed by atoms with Crippen molar-refractivity contribution in [3.63, 3.8) is 0 Å². The third-order valence-corrected chi connectivity index (χ3v) is 6.78. The molecule has 0 unspecified atom stereocenters. The van der Waals surface area contributed by atoms with E-state index in [2.05, 4.69) is 12.2 Å². The highest BCUT2D eigenvalue weighted by Gasteiger charge is 2.33. The number of nitrogens with one attached hydrogen (secondary N) is 1. The van der Waals surface area contributed by atoms with Crippen LogP contribution in [0.25, 0.3) is 0 Å². The van der Waals surface area contributed by atoms with Gasteiger partial charge in [0.15, 0.2) is 0 Å². The minimum Gasteiger partial charge on any atom is -0.457 e. The molecule has 0 aromatic heterocycles. The van der Waals surface area contributed by atoms with Gasteiger partial charge in [-0.3, -0.25) is 4.79 Å². The number of ether oxygens (including phenoxy) is 2. The van der Waals surface area contributed by atoms with Crippen molar-refractivity contribution in [2.24, 2.45) is 5.73 Å². The second kappa shape index (κ2) is 12.6. The van der Waals surface area contributed by atoms with E-state index in [1.54, 1.807) is 47.4 Å². The summed E-state index contributed by atoms with van der Waals surface area (Å²) in [4.78, 5) is 26.1. The fraction of sp³-hybridized carbons (Fsp3) is 0.333. The van der Waals surface area contributed by atoms with E-state index in [9.17, 15) is 19.1 Å². The Balaban J connectivity index is 1.48. The van der Waals surface area contributed by atoms with Crippen LogP contribution in [0.4, 0.5) is 14.9 Å². The lowest BCUT2D eigenvalue weighted by Crippen LogP contribution is -2.48. The minimum atomic E-state index is -0.722.